The second-order valence-corrected chi connectivity index (χ2v) is 7.58. The van der Waals surface area contributed by atoms with Crippen LogP contribution in [0, 0.1) is 0 Å². The molecule has 1 fully saturated rings. The maximum Gasteiger partial charge on any atom is 0.330 e. The first-order chi connectivity index (χ1) is 16.3. The van der Waals surface area contributed by atoms with Gasteiger partial charge in [-0.3, -0.25) is 23.9 Å². The molecule has 0 amide bonds. The van der Waals surface area contributed by atoms with Gasteiger partial charge in [-0.05, 0) is 12.1 Å². The lowest BCUT2D eigenvalue weighted by molar-refractivity contribution is -0.158. The fourth-order valence-electron chi connectivity index (χ4n) is 3.46. The molecule has 0 aliphatic carbocycles. The molecule has 178 valence electrons. The first-order valence-corrected chi connectivity index (χ1v) is 10.3. The number of ether oxygens (including phenoxy) is 3. The van der Waals surface area contributed by atoms with E-state index in [4.69, 9.17) is 14.2 Å². The van der Waals surface area contributed by atoms with Crippen LogP contribution in [0.3, 0.4) is 0 Å². The molecule has 3 N–H and O–H groups in total. The van der Waals surface area contributed by atoms with Crippen LogP contribution in [0.25, 0.3) is 10.9 Å². The summed E-state index contributed by atoms with van der Waals surface area (Å²) in [5.41, 5.74) is -0.219. The molecule has 1 aliphatic rings. The van der Waals surface area contributed by atoms with Crippen molar-refractivity contribution in [3.63, 3.8) is 0 Å². The maximum atomic E-state index is 12.0. The van der Waals surface area contributed by atoms with E-state index < -0.39 is 60.8 Å². The lowest BCUT2D eigenvalue weighted by atomic mass is 10.1. The zero-order valence-corrected chi connectivity index (χ0v) is 17.7. The summed E-state index contributed by atoms with van der Waals surface area (Å²) in [6.07, 6.45) is -5.05. The molecular formula is C22H21N3O9. The topological polar surface area (TPSA) is 170 Å². The van der Waals surface area contributed by atoms with Gasteiger partial charge in [0.25, 0.3) is 5.56 Å². The summed E-state index contributed by atoms with van der Waals surface area (Å²) in [7, 11) is 0. The van der Waals surface area contributed by atoms with E-state index in [9.17, 15) is 29.4 Å². The second-order valence-electron chi connectivity index (χ2n) is 7.58. The number of esters is 2. The number of H-pyrrole nitrogens is 1. The Bertz CT molecular complexity index is 1320. The first-order valence-electron chi connectivity index (χ1n) is 10.3. The highest BCUT2D eigenvalue weighted by molar-refractivity contribution is 5.91. The van der Waals surface area contributed by atoms with Crippen LogP contribution in [0.15, 0.2) is 58.3 Å². The van der Waals surface area contributed by atoms with Gasteiger partial charge in [-0.15, -0.1) is 0 Å². The number of pyridine rings is 1. The first kappa shape index (κ1) is 23.3. The number of rotatable bonds is 7. The van der Waals surface area contributed by atoms with Crippen LogP contribution in [-0.2, 0) is 30.4 Å². The van der Waals surface area contributed by atoms with Crippen molar-refractivity contribution in [2.75, 3.05) is 6.61 Å². The highest BCUT2D eigenvalue weighted by Gasteiger charge is 2.44. The summed E-state index contributed by atoms with van der Waals surface area (Å²) < 4.78 is 16.4. The van der Waals surface area contributed by atoms with E-state index in [2.05, 4.69) is 4.98 Å². The molecule has 0 saturated carbocycles. The fraction of sp³-hybridized carbons (Fsp3) is 0.318. The van der Waals surface area contributed by atoms with Crippen LogP contribution in [0.5, 0.6) is 0 Å². The predicted molar refractivity (Wildman–Crippen MR) is 114 cm³/mol. The van der Waals surface area contributed by atoms with E-state index in [0.29, 0.717) is 5.69 Å². The number of aliphatic hydroxyl groups excluding tert-OH is 2. The Kier molecular flexibility index (Phi) is 6.82. The average molecular weight is 471 g/mol. The summed E-state index contributed by atoms with van der Waals surface area (Å²) in [6.45, 7) is -0.603. The van der Waals surface area contributed by atoms with E-state index >= 15 is 0 Å². The number of carbonyl (C=O) groups excluding carboxylic acids is 2. The summed E-state index contributed by atoms with van der Waals surface area (Å²) in [5.74, 6) is -1.75. The number of aliphatic hydroxyl groups is 2. The van der Waals surface area contributed by atoms with Gasteiger partial charge >= 0.3 is 17.6 Å². The monoisotopic (exact) mass is 471 g/mol. The Balaban J connectivity index is 1.26. The molecule has 4 atom stereocenters. The van der Waals surface area contributed by atoms with Crippen LogP contribution < -0.4 is 11.2 Å². The second kappa shape index (κ2) is 9.95. The van der Waals surface area contributed by atoms with Gasteiger partial charge in [0.1, 0.15) is 37.9 Å². The van der Waals surface area contributed by atoms with Crippen molar-refractivity contribution in [2.45, 2.75) is 37.6 Å². The highest BCUT2D eigenvalue weighted by atomic mass is 16.6. The summed E-state index contributed by atoms with van der Waals surface area (Å²) in [4.78, 5) is 53.4. The summed E-state index contributed by atoms with van der Waals surface area (Å²) in [6, 6.07) is 12.1. The Morgan fingerprint density at radius 3 is 2.59 bits per heavy atom. The minimum absolute atomic E-state index is 0.122. The average Bonchev–Trinajstić information content (AvgIpc) is 3.10. The number of hydrogen-bond acceptors (Lipinski definition) is 10. The lowest BCUT2D eigenvalue weighted by Gasteiger charge is -2.16. The maximum absolute atomic E-state index is 12.0. The third-order valence-electron chi connectivity index (χ3n) is 5.20. The zero-order chi connectivity index (χ0) is 24.2. The molecule has 4 rings (SSSR count). The normalized spacial score (nSPS) is 21.9. The Morgan fingerprint density at radius 1 is 1.03 bits per heavy atom. The van der Waals surface area contributed by atoms with E-state index in [-0.39, 0.29) is 6.61 Å². The number of benzene rings is 1. The van der Waals surface area contributed by atoms with Crippen molar-refractivity contribution in [3.05, 3.63) is 75.2 Å². The quantitative estimate of drug-likeness (QED) is 0.298. The van der Waals surface area contributed by atoms with Crippen LogP contribution >= 0.6 is 0 Å². The molecule has 0 bridgehead atoms. The van der Waals surface area contributed by atoms with Gasteiger partial charge in [0, 0.05) is 17.6 Å². The standard InChI is InChI=1S/C22H21N3O9/c26-16-7-8-25(22(31)24-16)21-20(30)19(29)15(34-21)11-33-18(28)9-17(27)32-10-13-6-5-12-3-1-2-4-14(12)23-13/h1-8,15,19-21,29-30H,9-11H2,(H,24,26,31)/t15-,19-,20-,21?/m1/s1. The van der Waals surface area contributed by atoms with Gasteiger partial charge in [-0.25, -0.2) is 9.78 Å². The summed E-state index contributed by atoms with van der Waals surface area (Å²) >= 11 is 0. The number of aromatic amines is 1. The van der Waals surface area contributed by atoms with Crippen LogP contribution in [0.1, 0.15) is 18.3 Å². The van der Waals surface area contributed by atoms with Crippen molar-refractivity contribution in [1.29, 1.82) is 0 Å². The number of para-hydroxylation sites is 1. The minimum Gasteiger partial charge on any atom is -0.462 e. The van der Waals surface area contributed by atoms with E-state index in [1.165, 1.54) is 0 Å². The van der Waals surface area contributed by atoms with Crippen molar-refractivity contribution in [1.82, 2.24) is 14.5 Å². The van der Waals surface area contributed by atoms with Gasteiger partial charge in [-0.2, -0.15) is 0 Å². The molecule has 0 spiro atoms. The van der Waals surface area contributed by atoms with Gasteiger partial charge in [0.15, 0.2) is 6.23 Å². The van der Waals surface area contributed by atoms with Gasteiger partial charge in [0.2, 0.25) is 0 Å². The molecule has 1 unspecified atom stereocenters. The SMILES string of the molecule is O=C(CC(=O)OC[C@H]1OC(n2ccc(=O)[nH]c2=O)[C@H](O)[C@@H]1O)OCc1ccc2ccccc2n1. The van der Waals surface area contributed by atoms with Crippen molar-refractivity contribution < 1.29 is 34.0 Å². The number of aromatic nitrogens is 3. The Hall–Kier alpha value is -3.87. The van der Waals surface area contributed by atoms with Crippen LogP contribution in [0.2, 0.25) is 0 Å². The fourth-order valence-corrected chi connectivity index (χ4v) is 3.46. The molecule has 3 aromatic rings. The van der Waals surface area contributed by atoms with Gasteiger partial charge in [-0.1, -0.05) is 24.3 Å². The van der Waals surface area contributed by atoms with Crippen molar-refractivity contribution >= 4 is 22.8 Å². The molecule has 34 heavy (non-hydrogen) atoms. The Labute approximate surface area is 191 Å². The molecule has 2 aromatic heterocycles. The number of fused-ring (bicyclic) bond motifs is 1. The molecular weight excluding hydrogens is 450 g/mol. The van der Waals surface area contributed by atoms with Crippen molar-refractivity contribution in [2.24, 2.45) is 0 Å². The Morgan fingerprint density at radius 2 is 1.79 bits per heavy atom. The van der Waals surface area contributed by atoms with Crippen molar-refractivity contribution in [3.8, 4) is 0 Å². The third kappa shape index (κ3) is 5.20. The minimum atomic E-state index is -1.52. The smallest absolute Gasteiger partial charge is 0.330 e. The number of nitrogens with zero attached hydrogens (tertiary/aromatic N) is 2. The molecule has 0 radical (unpaired) electrons. The largest absolute Gasteiger partial charge is 0.462 e. The van der Waals surface area contributed by atoms with Crippen LogP contribution in [-0.4, -0.2) is 61.6 Å². The molecule has 3 heterocycles. The third-order valence-corrected chi connectivity index (χ3v) is 5.20. The molecule has 12 heteroatoms. The number of nitrogens with one attached hydrogen (secondary N) is 1. The number of hydrogen-bond donors (Lipinski definition) is 3. The van der Waals surface area contributed by atoms with Crippen LogP contribution in [0.4, 0.5) is 0 Å². The predicted octanol–water partition coefficient (Wildman–Crippen LogP) is -0.619. The van der Waals surface area contributed by atoms with E-state index in [1.807, 2.05) is 35.3 Å². The van der Waals surface area contributed by atoms with E-state index in [0.717, 1.165) is 27.7 Å². The molecule has 1 saturated heterocycles. The van der Waals surface area contributed by atoms with Gasteiger partial charge in [0.05, 0.1) is 11.2 Å². The zero-order valence-electron chi connectivity index (χ0n) is 17.7. The molecule has 1 aromatic carbocycles. The molecule has 1 aliphatic heterocycles. The summed E-state index contributed by atoms with van der Waals surface area (Å²) in [5, 5.41) is 21.3. The number of carbonyl (C=O) groups is 2. The lowest BCUT2D eigenvalue weighted by Crippen LogP contribution is -2.37. The van der Waals surface area contributed by atoms with E-state index in [1.54, 1.807) is 6.07 Å². The molecule has 12 nitrogen and oxygen atoms in total. The highest BCUT2D eigenvalue weighted by Crippen LogP contribution is 2.28. The van der Waals surface area contributed by atoms with Gasteiger partial charge < -0.3 is 24.4 Å².